The molecule has 2 amide bonds. The van der Waals surface area contributed by atoms with Crippen LogP contribution in [0.2, 0.25) is 0 Å². The van der Waals surface area contributed by atoms with Gasteiger partial charge < -0.3 is 15.8 Å². The first-order valence-corrected chi connectivity index (χ1v) is 4.47. The van der Waals surface area contributed by atoms with Crippen LogP contribution in [0.1, 0.15) is 13.3 Å². The minimum atomic E-state index is -0.827. The van der Waals surface area contributed by atoms with E-state index in [0.717, 1.165) is 0 Å². The van der Waals surface area contributed by atoms with Crippen LogP contribution in [-0.2, 0) is 14.3 Å². The fraction of sp³-hybridized carbons (Fsp3) is 0.667. The molecule has 15 heavy (non-hydrogen) atoms. The summed E-state index contributed by atoms with van der Waals surface area (Å²) in [5, 5.41) is 10.9. The molecule has 0 unspecified atom stereocenters. The summed E-state index contributed by atoms with van der Waals surface area (Å²) in [4.78, 5) is 22.2. The molecule has 0 radical (unpaired) electrons. The molecule has 2 atom stereocenters. The standard InChI is InChI=1S/C9H15N3O3/c1-6(3-4-10)8(9(11)14)12-7(13)5-15-2/h6,8H,3,5H2,1-2H3,(H2,11,14)(H,12,13)/t6-,8-/m1/s1. The third kappa shape index (κ3) is 4.98. The van der Waals surface area contributed by atoms with Crippen LogP contribution < -0.4 is 11.1 Å². The smallest absolute Gasteiger partial charge is 0.246 e. The second kappa shape index (κ2) is 6.79. The Bertz CT molecular complexity index is 272. The van der Waals surface area contributed by atoms with Gasteiger partial charge in [-0.3, -0.25) is 9.59 Å². The number of primary amides is 1. The van der Waals surface area contributed by atoms with Gasteiger partial charge in [0.15, 0.2) is 0 Å². The molecular weight excluding hydrogens is 198 g/mol. The van der Waals surface area contributed by atoms with E-state index in [9.17, 15) is 9.59 Å². The van der Waals surface area contributed by atoms with Gasteiger partial charge >= 0.3 is 0 Å². The number of rotatable bonds is 6. The Labute approximate surface area is 88.4 Å². The Morgan fingerprint density at radius 1 is 1.60 bits per heavy atom. The van der Waals surface area contributed by atoms with Gasteiger partial charge in [-0.2, -0.15) is 5.26 Å². The number of hydrogen-bond acceptors (Lipinski definition) is 4. The van der Waals surface area contributed by atoms with Gasteiger partial charge in [-0.15, -0.1) is 0 Å². The van der Waals surface area contributed by atoms with Gasteiger partial charge in [0.05, 0.1) is 6.07 Å². The molecule has 0 saturated carbocycles. The van der Waals surface area contributed by atoms with E-state index in [0.29, 0.717) is 0 Å². The molecule has 0 aliphatic carbocycles. The lowest BCUT2D eigenvalue weighted by Gasteiger charge is -2.19. The van der Waals surface area contributed by atoms with Crippen molar-refractivity contribution in [3.05, 3.63) is 0 Å². The van der Waals surface area contributed by atoms with E-state index in [4.69, 9.17) is 11.0 Å². The van der Waals surface area contributed by atoms with E-state index in [1.807, 2.05) is 6.07 Å². The van der Waals surface area contributed by atoms with Crippen LogP contribution in [0, 0.1) is 17.2 Å². The van der Waals surface area contributed by atoms with E-state index >= 15 is 0 Å². The van der Waals surface area contributed by atoms with Crippen molar-refractivity contribution in [2.75, 3.05) is 13.7 Å². The molecule has 0 saturated heterocycles. The van der Waals surface area contributed by atoms with Crippen molar-refractivity contribution in [3.63, 3.8) is 0 Å². The van der Waals surface area contributed by atoms with Gasteiger partial charge in [-0.25, -0.2) is 0 Å². The van der Waals surface area contributed by atoms with Crippen LogP contribution in [0.5, 0.6) is 0 Å². The molecule has 0 aromatic rings. The summed E-state index contributed by atoms with van der Waals surface area (Å²) in [5.74, 6) is -1.39. The Balaban J connectivity index is 4.35. The number of nitriles is 1. The van der Waals surface area contributed by atoms with Gasteiger partial charge in [-0.1, -0.05) is 6.92 Å². The largest absolute Gasteiger partial charge is 0.375 e. The summed E-state index contributed by atoms with van der Waals surface area (Å²) in [6.07, 6.45) is 0.154. The van der Waals surface area contributed by atoms with Crippen molar-refractivity contribution in [2.45, 2.75) is 19.4 Å². The molecule has 6 heteroatoms. The van der Waals surface area contributed by atoms with Gasteiger partial charge in [0, 0.05) is 13.5 Å². The fourth-order valence-corrected chi connectivity index (χ4v) is 1.10. The number of hydrogen-bond donors (Lipinski definition) is 2. The molecule has 0 fully saturated rings. The number of ether oxygens (including phenoxy) is 1. The zero-order valence-electron chi connectivity index (χ0n) is 8.82. The summed E-state index contributed by atoms with van der Waals surface area (Å²) in [7, 11) is 1.37. The van der Waals surface area contributed by atoms with Crippen molar-refractivity contribution in [3.8, 4) is 6.07 Å². The first-order valence-electron chi connectivity index (χ1n) is 4.47. The predicted molar refractivity (Wildman–Crippen MR) is 52.4 cm³/mol. The average Bonchev–Trinajstić information content (AvgIpc) is 2.14. The quantitative estimate of drug-likeness (QED) is 0.599. The first kappa shape index (κ1) is 13.4. The van der Waals surface area contributed by atoms with Gasteiger partial charge in [-0.05, 0) is 5.92 Å². The minimum Gasteiger partial charge on any atom is -0.375 e. The summed E-state index contributed by atoms with van der Waals surface area (Å²) < 4.78 is 4.59. The number of nitrogens with one attached hydrogen (secondary N) is 1. The second-order valence-corrected chi connectivity index (χ2v) is 3.22. The number of carbonyl (C=O) groups is 2. The highest BCUT2D eigenvalue weighted by Gasteiger charge is 2.24. The Morgan fingerprint density at radius 3 is 2.60 bits per heavy atom. The van der Waals surface area contributed by atoms with Crippen molar-refractivity contribution < 1.29 is 14.3 Å². The highest BCUT2D eigenvalue weighted by atomic mass is 16.5. The minimum absolute atomic E-state index is 0.136. The van der Waals surface area contributed by atoms with Crippen LogP contribution in [-0.4, -0.2) is 31.6 Å². The Morgan fingerprint density at radius 2 is 2.20 bits per heavy atom. The third-order valence-electron chi connectivity index (χ3n) is 1.88. The maximum atomic E-state index is 11.1. The van der Waals surface area contributed by atoms with Gasteiger partial charge in [0.2, 0.25) is 11.8 Å². The number of methoxy groups -OCH3 is 1. The highest BCUT2D eigenvalue weighted by molar-refractivity contribution is 5.87. The summed E-state index contributed by atoms with van der Waals surface area (Å²) >= 11 is 0. The lowest BCUT2D eigenvalue weighted by atomic mass is 9.98. The number of amides is 2. The molecule has 0 aliphatic rings. The summed E-state index contributed by atoms with van der Waals surface area (Å²) in [6.45, 7) is 1.54. The summed E-state index contributed by atoms with van der Waals surface area (Å²) in [6, 6.07) is 1.09. The monoisotopic (exact) mass is 213 g/mol. The highest BCUT2D eigenvalue weighted by Crippen LogP contribution is 2.06. The van der Waals surface area contributed by atoms with Crippen LogP contribution in [0.4, 0.5) is 0 Å². The molecule has 6 nitrogen and oxygen atoms in total. The van der Waals surface area contributed by atoms with Gasteiger partial charge in [0.25, 0.3) is 0 Å². The Kier molecular flexibility index (Phi) is 6.06. The van der Waals surface area contributed by atoms with Crippen LogP contribution in [0.3, 0.4) is 0 Å². The maximum absolute atomic E-state index is 11.1. The SMILES string of the molecule is COCC(=O)N[C@@H](C(N)=O)[C@H](C)CC#N. The first-order chi connectivity index (χ1) is 7.02. The van der Waals surface area contributed by atoms with Crippen molar-refractivity contribution >= 4 is 11.8 Å². The number of nitrogens with two attached hydrogens (primary N) is 1. The molecule has 0 bridgehead atoms. The summed E-state index contributed by atoms with van der Waals surface area (Å²) in [5.41, 5.74) is 5.11. The topological polar surface area (TPSA) is 105 Å². The van der Waals surface area contributed by atoms with Gasteiger partial charge in [0.1, 0.15) is 12.6 Å². The molecular formula is C9H15N3O3. The molecule has 0 spiro atoms. The average molecular weight is 213 g/mol. The van der Waals surface area contributed by atoms with Crippen LogP contribution in [0.15, 0.2) is 0 Å². The van der Waals surface area contributed by atoms with Crippen molar-refractivity contribution in [2.24, 2.45) is 11.7 Å². The van der Waals surface area contributed by atoms with Crippen LogP contribution in [0.25, 0.3) is 0 Å². The van der Waals surface area contributed by atoms with E-state index in [-0.39, 0.29) is 18.9 Å². The molecule has 0 heterocycles. The fourth-order valence-electron chi connectivity index (χ4n) is 1.10. The normalized spacial score (nSPS) is 13.7. The molecule has 0 rings (SSSR count). The van der Waals surface area contributed by atoms with E-state index in [1.165, 1.54) is 7.11 Å². The van der Waals surface area contributed by atoms with Crippen LogP contribution >= 0.6 is 0 Å². The molecule has 0 aliphatic heterocycles. The second-order valence-electron chi connectivity index (χ2n) is 3.22. The zero-order valence-corrected chi connectivity index (χ0v) is 8.82. The predicted octanol–water partition coefficient (Wildman–Crippen LogP) is -0.847. The lowest BCUT2D eigenvalue weighted by molar-refractivity contribution is -0.130. The lowest BCUT2D eigenvalue weighted by Crippen LogP contribution is -2.49. The van der Waals surface area contributed by atoms with E-state index in [2.05, 4.69) is 10.1 Å². The number of carbonyl (C=O) groups excluding carboxylic acids is 2. The molecule has 0 aromatic heterocycles. The van der Waals surface area contributed by atoms with Crippen molar-refractivity contribution in [1.29, 1.82) is 5.26 Å². The Hall–Kier alpha value is -1.61. The molecule has 0 aromatic carbocycles. The molecule has 84 valence electrons. The third-order valence-corrected chi connectivity index (χ3v) is 1.88. The van der Waals surface area contributed by atoms with Crippen molar-refractivity contribution in [1.82, 2.24) is 5.32 Å². The zero-order chi connectivity index (χ0) is 11.8. The van der Waals surface area contributed by atoms with E-state index in [1.54, 1.807) is 6.92 Å². The number of nitrogens with zero attached hydrogens (tertiary/aromatic N) is 1. The molecule has 3 N–H and O–H groups in total. The maximum Gasteiger partial charge on any atom is 0.246 e. The van der Waals surface area contributed by atoms with E-state index < -0.39 is 17.9 Å².